The lowest BCUT2D eigenvalue weighted by molar-refractivity contribution is 0.369. The topological polar surface area (TPSA) is 38.1 Å². The van der Waals surface area contributed by atoms with Gasteiger partial charge >= 0.3 is 0 Å². The molecule has 0 fully saturated rings. The molecular weight excluding hydrogens is 243 g/mol. The number of hydrogen-bond donors (Lipinski definition) is 1. The number of nitrogens with zero attached hydrogens (tertiary/aromatic N) is 1. The first-order valence-corrected chi connectivity index (χ1v) is 5.60. The average Bonchev–Trinajstić information content (AvgIpc) is 2.70. The van der Waals surface area contributed by atoms with E-state index in [0.29, 0.717) is 18.7 Å². The van der Waals surface area contributed by atoms with Crippen LogP contribution in [-0.4, -0.2) is 5.16 Å². The van der Waals surface area contributed by atoms with Gasteiger partial charge in [-0.3, -0.25) is 0 Å². The molecule has 17 heavy (non-hydrogen) atoms. The first-order valence-electron chi connectivity index (χ1n) is 5.22. The van der Waals surface area contributed by atoms with Crippen molar-refractivity contribution >= 4 is 11.6 Å². The number of aryl methyl sites for hydroxylation is 1. The molecule has 0 radical (unpaired) electrons. The van der Waals surface area contributed by atoms with E-state index in [9.17, 15) is 4.39 Å². The highest BCUT2D eigenvalue weighted by molar-refractivity contribution is 6.30. The summed E-state index contributed by atoms with van der Waals surface area (Å²) in [5.74, 6) is 0.348. The molecule has 1 aromatic heterocycles. The fraction of sp³-hybridized carbons (Fsp3) is 0.250. The minimum absolute atomic E-state index is 0.139. The Morgan fingerprint density at radius 3 is 2.94 bits per heavy atom. The Labute approximate surface area is 104 Å². The highest BCUT2D eigenvalue weighted by Crippen LogP contribution is 2.17. The lowest BCUT2D eigenvalue weighted by Gasteiger charge is -2.05. The van der Waals surface area contributed by atoms with Crippen molar-refractivity contribution < 1.29 is 8.91 Å². The van der Waals surface area contributed by atoms with Crippen LogP contribution in [0.3, 0.4) is 0 Å². The zero-order valence-electron chi connectivity index (χ0n) is 9.34. The summed E-state index contributed by atoms with van der Waals surface area (Å²) < 4.78 is 18.5. The van der Waals surface area contributed by atoms with E-state index in [1.165, 1.54) is 6.07 Å². The van der Waals surface area contributed by atoms with Crippen molar-refractivity contribution in [2.75, 3.05) is 0 Å². The molecule has 1 aromatic carbocycles. The summed E-state index contributed by atoms with van der Waals surface area (Å²) in [6.45, 7) is 2.75. The molecule has 0 aliphatic heterocycles. The van der Waals surface area contributed by atoms with Gasteiger partial charge in [-0.05, 0) is 13.0 Å². The lowest BCUT2D eigenvalue weighted by atomic mass is 10.2. The second-order valence-corrected chi connectivity index (χ2v) is 4.16. The van der Waals surface area contributed by atoms with E-state index in [1.807, 2.05) is 13.0 Å². The Balaban J connectivity index is 1.92. The van der Waals surface area contributed by atoms with Gasteiger partial charge in [0.05, 0.1) is 17.3 Å². The molecule has 90 valence electrons. The Bertz CT molecular complexity index is 513. The molecule has 0 amide bonds. The van der Waals surface area contributed by atoms with E-state index in [-0.39, 0.29) is 10.8 Å². The van der Waals surface area contributed by atoms with Crippen LogP contribution in [-0.2, 0) is 13.1 Å². The fourth-order valence-electron chi connectivity index (χ4n) is 1.50. The normalized spacial score (nSPS) is 10.8. The van der Waals surface area contributed by atoms with E-state index < -0.39 is 0 Å². The predicted molar refractivity (Wildman–Crippen MR) is 63.2 cm³/mol. The Morgan fingerprint density at radius 2 is 2.24 bits per heavy atom. The van der Waals surface area contributed by atoms with Crippen LogP contribution < -0.4 is 5.32 Å². The lowest BCUT2D eigenvalue weighted by Crippen LogP contribution is -2.13. The molecule has 2 aromatic rings. The standard InChI is InChI=1S/C12H12ClFN2O/c1-8-5-10(17-16-8)7-15-6-9-3-2-4-11(13)12(9)14/h2-5,15H,6-7H2,1H3. The van der Waals surface area contributed by atoms with Crippen molar-refractivity contribution in [2.24, 2.45) is 0 Å². The van der Waals surface area contributed by atoms with E-state index in [1.54, 1.807) is 12.1 Å². The molecule has 2 rings (SSSR count). The monoisotopic (exact) mass is 254 g/mol. The molecule has 0 unspecified atom stereocenters. The molecule has 5 heteroatoms. The van der Waals surface area contributed by atoms with Crippen molar-refractivity contribution in [3.05, 3.63) is 52.1 Å². The zero-order chi connectivity index (χ0) is 12.3. The van der Waals surface area contributed by atoms with Crippen molar-refractivity contribution in [3.8, 4) is 0 Å². The average molecular weight is 255 g/mol. The molecule has 0 saturated carbocycles. The number of nitrogens with one attached hydrogen (secondary N) is 1. The van der Waals surface area contributed by atoms with Crippen LogP contribution in [0.5, 0.6) is 0 Å². The smallest absolute Gasteiger partial charge is 0.150 e. The summed E-state index contributed by atoms with van der Waals surface area (Å²) in [6.07, 6.45) is 0. The maximum Gasteiger partial charge on any atom is 0.150 e. The Kier molecular flexibility index (Phi) is 3.76. The summed E-state index contributed by atoms with van der Waals surface area (Å²) in [5, 5.41) is 6.97. The molecule has 1 N–H and O–H groups in total. The summed E-state index contributed by atoms with van der Waals surface area (Å²) in [4.78, 5) is 0. The van der Waals surface area contributed by atoms with Crippen LogP contribution in [0.1, 0.15) is 17.0 Å². The summed E-state index contributed by atoms with van der Waals surface area (Å²) in [6, 6.07) is 6.78. The van der Waals surface area contributed by atoms with Crippen LogP contribution in [0.15, 0.2) is 28.8 Å². The van der Waals surface area contributed by atoms with Crippen molar-refractivity contribution in [3.63, 3.8) is 0 Å². The Hall–Kier alpha value is -1.39. The third kappa shape index (κ3) is 3.05. The first kappa shape index (κ1) is 12.1. The molecule has 0 atom stereocenters. The largest absolute Gasteiger partial charge is 0.360 e. The summed E-state index contributed by atoms with van der Waals surface area (Å²) in [7, 11) is 0. The number of hydrogen-bond acceptors (Lipinski definition) is 3. The molecule has 0 bridgehead atoms. The minimum atomic E-state index is -0.379. The van der Waals surface area contributed by atoms with Crippen LogP contribution in [0.25, 0.3) is 0 Å². The van der Waals surface area contributed by atoms with Gasteiger partial charge in [-0.2, -0.15) is 0 Å². The highest BCUT2D eigenvalue weighted by Gasteiger charge is 2.06. The zero-order valence-corrected chi connectivity index (χ0v) is 10.1. The number of rotatable bonds is 4. The van der Waals surface area contributed by atoms with Gasteiger partial charge in [0, 0.05) is 18.2 Å². The SMILES string of the molecule is Cc1cc(CNCc2cccc(Cl)c2F)on1. The van der Waals surface area contributed by atoms with Crippen LogP contribution in [0.2, 0.25) is 5.02 Å². The Morgan fingerprint density at radius 1 is 1.41 bits per heavy atom. The van der Waals surface area contributed by atoms with Crippen LogP contribution in [0, 0.1) is 12.7 Å². The van der Waals surface area contributed by atoms with Crippen LogP contribution in [0.4, 0.5) is 4.39 Å². The summed E-state index contributed by atoms with van der Waals surface area (Å²) in [5.41, 5.74) is 1.37. The number of halogens is 2. The number of benzene rings is 1. The molecule has 0 aliphatic carbocycles. The molecule has 1 heterocycles. The van der Waals surface area contributed by atoms with Crippen LogP contribution >= 0.6 is 11.6 Å². The van der Waals surface area contributed by atoms with Crippen molar-refractivity contribution in [2.45, 2.75) is 20.0 Å². The highest BCUT2D eigenvalue weighted by atomic mass is 35.5. The van der Waals surface area contributed by atoms with Gasteiger partial charge in [0.2, 0.25) is 0 Å². The van der Waals surface area contributed by atoms with E-state index in [0.717, 1.165) is 11.5 Å². The van der Waals surface area contributed by atoms with E-state index >= 15 is 0 Å². The molecule has 0 spiro atoms. The summed E-state index contributed by atoms with van der Waals surface area (Å²) >= 11 is 5.68. The van der Waals surface area contributed by atoms with Crippen molar-refractivity contribution in [1.82, 2.24) is 10.5 Å². The number of aromatic nitrogens is 1. The third-order valence-corrected chi connectivity index (χ3v) is 2.61. The fourth-order valence-corrected chi connectivity index (χ4v) is 1.70. The van der Waals surface area contributed by atoms with Gasteiger partial charge < -0.3 is 9.84 Å². The molecular formula is C12H12ClFN2O. The third-order valence-electron chi connectivity index (χ3n) is 2.32. The molecule has 0 saturated heterocycles. The predicted octanol–water partition coefficient (Wildman–Crippen LogP) is 3.07. The quantitative estimate of drug-likeness (QED) is 0.911. The van der Waals surface area contributed by atoms with Crippen molar-refractivity contribution in [1.29, 1.82) is 0 Å². The maximum absolute atomic E-state index is 13.5. The molecule has 3 nitrogen and oxygen atoms in total. The van der Waals surface area contributed by atoms with E-state index in [4.69, 9.17) is 16.1 Å². The maximum atomic E-state index is 13.5. The first-order chi connectivity index (χ1) is 8.16. The van der Waals surface area contributed by atoms with Gasteiger partial charge in [-0.1, -0.05) is 28.9 Å². The minimum Gasteiger partial charge on any atom is -0.360 e. The van der Waals surface area contributed by atoms with Gasteiger partial charge in [0.15, 0.2) is 5.76 Å². The molecule has 0 aliphatic rings. The second kappa shape index (κ2) is 5.29. The van der Waals surface area contributed by atoms with Gasteiger partial charge in [0.1, 0.15) is 5.82 Å². The van der Waals surface area contributed by atoms with Gasteiger partial charge in [-0.25, -0.2) is 4.39 Å². The van der Waals surface area contributed by atoms with Gasteiger partial charge in [0.25, 0.3) is 0 Å². The van der Waals surface area contributed by atoms with E-state index in [2.05, 4.69) is 10.5 Å². The van der Waals surface area contributed by atoms with Gasteiger partial charge in [-0.15, -0.1) is 0 Å². The second-order valence-electron chi connectivity index (χ2n) is 3.75.